The van der Waals surface area contributed by atoms with E-state index in [1.54, 1.807) is 0 Å². The van der Waals surface area contributed by atoms with E-state index in [0.29, 0.717) is 0 Å². The van der Waals surface area contributed by atoms with E-state index < -0.39 is 35.2 Å². The van der Waals surface area contributed by atoms with Gasteiger partial charge >= 0.3 is 0 Å². The second kappa shape index (κ2) is 5.04. The van der Waals surface area contributed by atoms with Crippen LogP contribution in [-0.4, -0.2) is 48.4 Å². The minimum absolute atomic E-state index is 0.357. The number of ether oxygens (including phenoxy) is 1. The van der Waals surface area contributed by atoms with Gasteiger partial charge in [-0.15, -0.1) is 0 Å². The minimum Gasteiger partial charge on any atom is -0.408 e. The number of hydrogen-bond donors (Lipinski definition) is 4. The quantitative estimate of drug-likeness (QED) is 0.306. The van der Waals surface area contributed by atoms with Crippen LogP contribution in [0.2, 0.25) is 0 Å². The van der Waals surface area contributed by atoms with Crippen LogP contribution in [0.5, 0.6) is 0 Å². The lowest BCUT2D eigenvalue weighted by Crippen LogP contribution is -2.41. The summed E-state index contributed by atoms with van der Waals surface area (Å²) in [6, 6.07) is 1.07. The standard InChI is InChI=1S/C9H11BrFN3O5/c10-9(11)6(17)4(3-15)19-7(9)14-2-1-5(16)12-8(14)13-18/h1-2,4,6-7,15,17-18H,3H2,(H,12,13,16)/t4-,6-,7-,9-/m1/s1. The molecule has 0 saturated carbocycles. The summed E-state index contributed by atoms with van der Waals surface area (Å²) in [6.45, 7) is -0.593. The van der Waals surface area contributed by atoms with Crippen LogP contribution in [0, 0.1) is 0 Å². The molecule has 8 nitrogen and oxygen atoms in total. The fourth-order valence-electron chi connectivity index (χ4n) is 1.82. The van der Waals surface area contributed by atoms with Gasteiger partial charge in [0.15, 0.2) is 6.23 Å². The smallest absolute Gasteiger partial charge is 0.252 e. The molecular formula is C9H11BrFN3O5. The van der Waals surface area contributed by atoms with Crippen molar-refractivity contribution in [3.8, 4) is 0 Å². The Morgan fingerprint density at radius 3 is 2.89 bits per heavy atom. The predicted octanol–water partition coefficient (Wildman–Crippen LogP) is -1.22. The number of aliphatic hydroxyl groups excluding tert-OH is 2. The third kappa shape index (κ3) is 2.31. The molecule has 0 amide bonds. The zero-order chi connectivity index (χ0) is 14.2. The zero-order valence-electron chi connectivity index (χ0n) is 9.40. The van der Waals surface area contributed by atoms with Gasteiger partial charge in [-0.1, -0.05) is 5.16 Å². The van der Waals surface area contributed by atoms with Crippen LogP contribution in [-0.2, 0) is 4.74 Å². The lowest BCUT2D eigenvalue weighted by Gasteiger charge is -2.23. The average molecular weight is 340 g/mol. The van der Waals surface area contributed by atoms with Gasteiger partial charge in [0, 0.05) is 12.3 Å². The normalized spacial score (nSPS) is 35.8. The lowest BCUT2D eigenvalue weighted by molar-refractivity contribution is -0.0517. The molecule has 2 heterocycles. The largest absolute Gasteiger partial charge is 0.408 e. The molecule has 0 unspecified atom stereocenters. The van der Waals surface area contributed by atoms with E-state index in [4.69, 9.17) is 15.1 Å². The Labute approximate surface area is 113 Å². The number of aromatic amines is 1. The van der Waals surface area contributed by atoms with Crippen molar-refractivity contribution in [2.75, 3.05) is 6.61 Å². The number of nitrogens with zero attached hydrogens (tertiary/aromatic N) is 2. The number of alkyl halides is 2. The lowest BCUT2D eigenvalue weighted by atomic mass is 10.1. The van der Waals surface area contributed by atoms with Crippen LogP contribution >= 0.6 is 15.9 Å². The second-order valence-electron chi connectivity index (χ2n) is 3.96. The Kier molecular flexibility index (Phi) is 3.76. The maximum atomic E-state index is 14.4. The fourth-order valence-corrected chi connectivity index (χ4v) is 2.44. The molecule has 4 N–H and O–H groups in total. The molecule has 1 aromatic heterocycles. The van der Waals surface area contributed by atoms with Crippen molar-refractivity contribution in [2.24, 2.45) is 5.16 Å². The van der Waals surface area contributed by atoms with Gasteiger partial charge < -0.3 is 20.2 Å². The van der Waals surface area contributed by atoms with Crippen LogP contribution in [0.25, 0.3) is 0 Å². The summed E-state index contributed by atoms with van der Waals surface area (Å²) in [5.74, 6) is 0. The molecule has 0 bridgehead atoms. The molecule has 19 heavy (non-hydrogen) atoms. The second-order valence-corrected chi connectivity index (χ2v) is 5.18. The summed E-state index contributed by atoms with van der Waals surface area (Å²) in [5.41, 5.74) is -0.912. The topological polar surface area (TPSA) is 120 Å². The third-order valence-electron chi connectivity index (χ3n) is 2.77. The molecule has 1 fully saturated rings. The van der Waals surface area contributed by atoms with E-state index in [1.807, 2.05) is 0 Å². The van der Waals surface area contributed by atoms with E-state index in [-0.39, 0.29) is 5.62 Å². The first-order valence-corrected chi connectivity index (χ1v) is 6.03. The van der Waals surface area contributed by atoms with Crippen molar-refractivity contribution >= 4 is 15.9 Å². The molecule has 106 valence electrons. The number of rotatable bonds is 2. The number of H-pyrrole nitrogens is 1. The van der Waals surface area contributed by atoms with Gasteiger partial charge in [-0.3, -0.25) is 14.3 Å². The van der Waals surface area contributed by atoms with Gasteiger partial charge in [0.25, 0.3) is 5.56 Å². The number of hydrogen-bond acceptors (Lipinski definition) is 6. The van der Waals surface area contributed by atoms with Gasteiger partial charge in [0.2, 0.25) is 10.2 Å². The molecular weight excluding hydrogens is 329 g/mol. The van der Waals surface area contributed by atoms with E-state index in [2.05, 4.69) is 26.1 Å². The minimum atomic E-state index is -2.41. The van der Waals surface area contributed by atoms with E-state index >= 15 is 0 Å². The van der Waals surface area contributed by atoms with Crippen molar-refractivity contribution in [2.45, 2.75) is 23.0 Å². The summed E-state index contributed by atoms with van der Waals surface area (Å²) >= 11 is 2.69. The first-order chi connectivity index (χ1) is 8.91. The maximum Gasteiger partial charge on any atom is 0.252 e. The number of halogens is 2. The Morgan fingerprint density at radius 2 is 2.37 bits per heavy atom. The Balaban J connectivity index is 2.51. The monoisotopic (exact) mass is 339 g/mol. The highest BCUT2D eigenvalue weighted by molar-refractivity contribution is 9.10. The molecule has 4 atom stereocenters. The first kappa shape index (κ1) is 14.2. The van der Waals surface area contributed by atoms with Crippen molar-refractivity contribution < 1.29 is 24.5 Å². The summed E-state index contributed by atoms with van der Waals surface area (Å²) in [6.07, 6.45) is -3.07. The Bertz CT molecular complexity index is 586. The van der Waals surface area contributed by atoms with Gasteiger partial charge in [0.1, 0.15) is 12.2 Å². The number of aromatic nitrogens is 2. The maximum absolute atomic E-state index is 14.4. The molecule has 1 aliphatic rings. The SMILES string of the molecule is O=c1ccn([C@@H]2O[C@H](CO)[C@@H](O)[C@]2(F)Br)/c(=N/O)[nH]1. The Morgan fingerprint density at radius 1 is 1.68 bits per heavy atom. The van der Waals surface area contributed by atoms with Gasteiger partial charge in [-0.05, 0) is 15.9 Å². The molecule has 0 radical (unpaired) electrons. The summed E-state index contributed by atoms with van der Waals surface area (Å²) in [4.78, 5) is 13.3. The Hall–Kier alpha value is -1.23. The van der Waals surface area contributed by atoms with Gasteiger partial charge in [-0.25, -0.2) is 4.39 Å². The highest BCUT2D eigenvalue weighted by Gasteiger charge is 2.56. The third-order valence-corrected chi connectivity index (χ3v) is 3.63. The summed E-state index contributed by atoms with van der Waals surface area (Å²) in [7, 11) is 0. The molecule has 1 aliphatic heterocycles. The van der Waals surface area contributed by atoms with Crippen molar-refractivity contribution in [1.82, 2.24) is 9.55 Å². The van der Waals surface area contributed by atoms with Crippen molar-refractivity contribution in [1.29, 1.82) is 0 Å². The highest BCUT2D eigenvalue weighted by Crippen LogP contribution is 2.45. The van der Waals surface area contributed by atoms with Crippen LogP contribution in [0.1, 0.15) is 6.23 Å². The molecule has 0 spiro atoms. The average Bonchev–Trinajstić information content (AvgIpc) is 2.61. The molecule has 1 aromatic rings. The number of nitrogens with one attached hydrogen (secondary N) is 1. The highest BCUT2D eigenvalue weighted by atomic mass is 79.9. The van der Waals surface area contributed by atoms with Crippen LogP contribution < -0.4 is 11.2 Å². The van der Waals surface area contributed by atoms with Crippen LogP contribution in [0.3, 0.4) is 0 Å². The van der Waals surface area contributed by atoms with Crippen LogP contribution in [0.15, 0.2) is 22.2 Å². The summed E-state index contributed by atoms with van der Waals surface area (Å²) in [5, 5.41) is 30.3. The van der Waals surface area contributed by atoms with E-state index in [9.17, 15) is 14.3 Å². The number of aliphatic hydroxyl groups is 2. The molecule has 1 saturated heterocycles. The molecule has 0 aromatic carbocycles. The first-order valence-electron chi connectivity index (χ1n) is 5.23. The van der Waals surface area contributed by atoms with Gasteiger partial charge in [0.05, 0.1) is 6.61 Å². The molecule has 10 heteroatoms. The summed E-state index contributed by atoms with van der Waals surface area (Å²) < 4.78 is 18.1. The fraction of sp³-hybridized carbons (Fsp3) is 0.556. The van der Waals surface area contributed by atoms with Crippen LogP contribution in [0.4, 0.5) is 4.39 Å². The van der Waals surface area contributed by atoms with E-state index in [1.165, 1.54) is 0 Å². The van der Waals surface area contributed by atoms with Gasteiger partial charge in [-0.2, -0.15) is 0 Å². The zero-order valence-corrected chi connectivity index (χ0v) is 11.0. The van der Waals surface area contributed by atoms with E-state index in [0.717, 1.165) is 16.8 Å². The predicted molar refractivity (Wildman–Crippen MR) is 62.2 cm³/mol. The molecule has 0 aliphatic carbocycles. The van der Waals surface area contributed by atoms with Crippen molar-refractivity contribution in [3.05, 3.63) is 28.2 Å². The molecule has 2 rings (SSSR count). The van der Waals surface area contributed by atoms with Crippen molar-refractivity contribution in [3.63, 3.8) is 0 Å².